The Kier molecular flexibility index (Phi) is 5.01. The molecule has 0 aliphatic rings. The van der Waals surface area contributed by atoms with Crippen LogP contribution in [0.5, 0.6) is 0 Å². The van der Waals surface area contributed by atoms with Gasteiger partial charge in [0, 0.05) is 21.7 Å². The molecule has 0 amide bonds. The highest BCUT2D eigenvalue weighted by atomic mass is 35.5. The molecule has 2 aromatic carbocycles. The van der Waals surface area contributed by atoms with Crippen molar-refractivity contribution in [2.45, 2.75) is 19.5 Å². The first-order chi connectivity index (χ1) is 11.1. The molecule has 23 heavy (non-hydrogen) atoms. The molecule has 0 aliphatic carbocycles. The van der Waals surface area contributed by atoms with Crippen molar-refractivity contribution in [3.63, 3.8) is 0 Å². The van der Waals surface area contributed by atoms with E-state index < -0.39 is 0 Å². The molecule has 3 nitrogen and oxygen atoms in total. The SMILES string of the molecule is C[C@@H](NCc1ncc(-c2ccc(Cl)cc2)o1)c1ccc(Cl)cc1. The Hall–Kier alpha value is -1.81. The maximum absolute atomic E-state index is 5.91. The first-order valence-electron chi connectivity index (χ1n) is 7.31. The van der Waals surface area contributed by atoms with Crippen LogP contribution in [0.3, 0.4) is 0 Å². The molecule has 1 atom stereocenters. The predicted octanol–water partition coefficient (Wildman–Crippen LogP) is 5.50. The summed E-state index contributed by atoms with van der Waals surface area (Å²) >= 11 is 11.8. The Morgan fingerprint density at radius 3 is 2.26 bits per heavy atom. The molecular formula is C18H16Cl2N2O. The number of nitrogens with one attached hydrogen (secondary N) is 1. The van der Waals surface area contributed by atoms with Gasteiger partial charge in [0.1, 0.15) is 0 Å². The van der Waals surface area contributed by atoms with Crippen LogP contribution in [0.1, 0.15) is 24.4 Å². The van der Waals surface area contributed by atoms with Crippen molar-refractivity contribution in [2.24, 2.45) is 0 Å². The summed E-state index contributed by atoms with van der Waals surface area (Å²) in [6, 6.07) is 15.5. The quantitative estimate of drug-likeness (QED) is 0.662. The lowest BCUT2D eigenvalue weighted by atomic mass is 10.1. The molecule has 0 aliphatic heterocycles. The minimum Gasteiger partial charge on any atom is -0.439 e. The number of benzene rings is 2. The average Bonchev–Trinajstić information content (AvgIpc) is 3.03. The lowest BCUT2D eigenvalue weighted by Gasteiger charge is -2.12. The maximum Gasteiger partial charge on any atom is 0.208 e. The minimum atomic E-state index is 0.179. The standard InChI is InChI=1S/C18H16Cl2N2O/c1-12(13-2-6-15(19)7-3-13)21-11-18-22-10-17(23-18)14-4-8-16(20)9-5-14/h2-10,12,21H,11H2,1H3/t12-/m1/s1. The second-order valence-corrected chi connectivity index (χ2v) is 6.15. The molecule has 1 heterocycles. The third kappa shape index (κ3) is 4.14. The fraction of sp³-hybridized carbons (Fsp3) is 0.167. The van der Waals surface area contributed by atoms with Gasteiger partial charge in [-0.15, -0.1) is 0 Å². The zero-order valence-electron chi connectivity index (χ0n) is 12.6. The van der Waals surface area contributed by atoms with Crippen molar-refractivity contribution in [1.29, 1.82) is 0 Å². The van der Waals surface area contributed by atoms with Crippen LogP contribution in [-0.4, -0.2) is 4.98 Å². The highest BCUT2D eigenvalue weighted by molar-refractivity contribution is 6.30. The van der Waals surface area contributed by atoms with Crippen LogP contribution in [0.25, 0.3) is 11.3 Å². The Morgan fingerprint density at radius 2 is 1.61 bits per heavy atom. The molecule has 0 radical (unpaired) electrons. The predicted molar refractivity (Wildman–Crippen MR) is 93.7 cm³/mol. The molecule has 118 valence electrons. The van der Waals surface area contributed by atoms with E-state index >= 15 is 0 Å². The van der Waals surface area contributed by atoms with E-state index in [1.807, 2.05) is 48.5 Å². The van der Waals surface area contributed by atoms with E-state index in [0.29, 0.717) is 17.5 Å². The second-order valence-electron chi connectivity index (χ2n) is 5.28. The summed E-state index contributed by atoms with van der Waals surface area (Å²) in [5, 5.41) is 4.83. The van der Waals surface area contributed by atoms with Gasteiger partial charge in [-0.2, -0.15) is 0 Å². The smallest absolute Gasteiger partial charge is 0.208 e. The van der Waals surface area contributed by atoms with E-state index in [-0.39, 0.29) is 6.04 Å². The van der Waals surface area contributed by atoms with Gasteiger partial charge < -0.3 is 9.73 Å². The topological polar surface area (TPSA) is 38.1 Å². The molecule has 0 saturated carbocycles. The molecule has 0 fully saturated rings. The first-order valence-corrected chi connectivity index (χ1v) is 8.07. The van der Waals surface area contributed by atoms with E-state index in [4.69, 9.17) is 27.6 Å². The Bertz CT molecular complexity index is 766. The number of hydrogen-bond acceptors (Lipinski definition) is 3. The van der Waals surface area contributed by atoms with Gasteiger partial charge in [-0.1, -0.05) is 35.3 Å². The van der Waals surface area contributed by atoms with Crippen LogP contribution in [0, 0.1) is 0 Å². The van der Waals surface area contributed by atoms with E-state index in [9.17, 15) is 0 Å². The molecule has 0 bridgehead atoms. The fourth-order valence-electron chi connectivity index (χ4n) is 2.25. The third-order valence-electron chi connectivity index (χ3n) is 3.61. The number of oxazole rings is 1. The molecular weight excluding hydrogens is 331 g/mol. The highest BCUT2D eigenvalue weighted by Gasteiger charge is 2.09. The molecule has 0 unspecified atom stereocenters. The highest BCUT2D eigenvalue weighted by Crippen LogP contribution is 2.23. The average molecular weight is 347 g/mol. The van der Waals surface area contributed by atoms with Crippen molar-refractivity contribution in [3.8, 4) is 11.3 Å². The van der Waals surface area contributed by atoms with Crippen molar-refractivity contribution in [3.05, 3.63) is 76.2 Å². The van der Waals surface area contributed by atoms with Gasteiger partial charge in [0.05, 0.1) is 12.7 Å². The minimum absolute atomic E-state index is 0.179. The zero-order valence-corrected chi connectivity index (χ0v) is 14.1. The molecule has 0 spiro atoms. The number of rotatable bonds is 5. The third-order valence-corrected chi connectivity index (χ3v) is 4.12. The van der Waals surface area contributed by atoms with Crippen LogP contribution in [-0.2, 0) is 6.54 Å². The van der Waals surface area contributed by atoms with E-state index in [1.54, 1.807) is 6.20 Å². The summed E-state index contributed by atoms with van der Waals surface area (Å²) in [6.07, 6.45) is 1.73. The number of nitrogens with zero attached hydrogens (tertiary/aromatic N) is 1. The molecule has 1 N–H and O–H groups in total. The van der Waals surface area contributed by atoms with Crippen LogP contribution in [0.15, 0.2) is 59.1 Å². The number of hydrogen-bond donors (Lipinski definition) is 1. The van der Waals surface area contributed by atoms with E-state index in [0.717, 1.165) is 16.3 Å². The van der Waals surface area contributed by atoms with Gasteiger partial charge in [-0.05, 0) is 48.9 Å². The van der Waals surface area contributed by atoms with Crippen LogP contribution in [0.2, 0.25) is 10.0 Å². The van der Waals surface area contributed by atoms with Gasteiger partial charge >= 0.3 is 0 Å². The van der Waals surface area contributed by atoms with Crippen molar-refractivity contribution in [2.75, 3.05) is 0 Å². The number of aromatic nitrogens is 1. The molecule has 5 heteroatoms. The van der Waals surface area contributed by atoms with E-state index in [2.05, 4.69) is 17.2 Å². The second kappa shape index (κ2) is 7.18. The Morgan fingerprint density at radius 1 is 1.00 bits per heavy atom. The lowest BCUT2D eigenvalue weighted by Crippen LogP contribution is -2.18. The fourth-order valence-corrected chi connectivity index (χ4v) is 2.50. The zero-order chi connectivity index (χ0) is 16.2. The molecule has 1 aromatic heterocycles. The Balaban J connectivity index is 1.63. The summed E-state index contributed by atoms with van der Waals surface area (Å²) in [4.78, 5) is 4.31. The Labute approximate surface area is 145 Å². The molecule has 3 rings (SSSR count). The molecule has 0 saturated heterocycles. The van der Waals surface area contributed by atoms with Crippen LogP contribution in [0.4, 0.5) is 0 Å². The number of halogens is 2. The van der Waals surface area contributed by atoms with Crippen LogP contribution < -0.4 is 5.32 Å². The van der Waals surface area contributed by atoms with Crippen molar-refractivity contribution >= 4 is 23.2 Å². The monoisotopic (exact) mass is 346 g/mol. The lowest BCUT2D eigenvalue weighted by molar-refractivity contribution is 0.454. The summed E-state index contributed by atoms with van der Waals surface area (Å²) in [5.41, 5.74) is 2.12. The summed E-state index contributed by atoms with van der Waals surface area (Å²) < 4.78 is 5.78. The summed E-state index contributed by atoms with van der Waals surface area (Å²) in [6.45, 7) is 2.64. The summed E-state index contributed by atoms with van der Waals surface area (Å²) in [7, 11) is 0. The van der Waals surface area contributed by atoms with Crippen molar-refractivity contribution in [1.82, 2.24) is 10.3 Å². The maximum atomic E-state index is 5.91. The normalized spacial score (nSPS) is 12.3. The molecule has 3 aromatic rings. The van der Waals surface area contributed by atoms with Crippen LogP contribution >= 0.6 is 23.2 Å². The van der Waals surface area contributed by atoms with Gasteiger partial charge in [0.25, 0.3) is 0 Å². The largest absolute Gasteiger partial charge is 0.439 e. The van der Waals surface area contributed by atoms with E-state index in [1.165, 1.54) is 5.56 Å². The van der Waals surface area contributed by atoms with Gasteiger partial charge in [-0.25, -0.2) is 4.98 Å². The first kappa shape index (κ1) is 16.1. The van der Waals surface area contributed by atoms with Gasteiger partial charge in [0.15, 0.2) is 5.76 Å². The van der Waals surface area contributed by atoms with Gasteiger partial charge in [-0.3, -0.25) is 0 Å². The van der Waals surface area contributed by atoms with Gasteiger partial charge in [0.2, 0.25) is 5.89 Å². The van der Waals surface area contributed by atoms with Crippen molar-refractivity contribution < 1.29 is 4.42 Å². The summed E-state index contributed by atoms with van der Waals surface area (Å²) in [5.74, 6) is 1.38.